The minimum Gasteiger partial charge on any atom is -0.306 e. The van der Waals surface area contributed by atoms with Gasteiger partial charge in [-0.15, -0.1) is 11.3 Å². The number of carbonyl (C=O) groups excluding carboxylic acids is 1. The third-order valence-electron chi connectivity index (χ3n) is 3.29. The molecule has 1 aromatic heterocycles. The van der Waals surface area contributed by atoms with Crippen molar-refractivity contribution in [1.82, 2.24) is 15.4 Å². The van der Waals surface area contributed by atoms with Crippen LogP contribution in [0.15, 0.2) is 6.20 Å². The molecule has 5 nitrogen and oxygen atoms in total. The van der Waals surface area contributed by atoms with Gasteiger partial charge in [0.15, 0.2) is 0 Å². The van der Waals surface area contributed by atoms with Gasteiger partial charge in [-0.2, -0.15) is 5.06 Å². The molecule has 6 heteroatoms. The molecule has 1 aliphatic rings. The van der Waals surface area contributed by atoms with Gasteiger partial charge in [0.2, 0.25) is 0 Å². The molecule has 1 aliphatic heterocycles. The first-order chi connectivity index (χ1) is 8.74. The number of nitrogens with zero attached hydrogens (tertiary/aromatic N) is 2. The van der Waals surface area contributed by atoms with Gasteiger partial charge < -0.3 is 14.9 Å². The second-order valence-electron chi connectivity index (χ2n) is 4.45. The summed E-state index contributed by atoms with van der Waals surface area (Å²) in [6.45, 7) is 0.915. The summed E-state index contributed by atoms with van der Waals surface area (Å²) in [7, 11) is 3.64. The van der Waals surface area contributed by atoms with Gasteiger partial charge in [-0.05, 0) is 12.8 Å². The Hall–Kier alpha value is -0.820. The molecule has 1 N–H and O–H groups in total. The van der Waals surface area contributed by atoms with E-state index in [2.05, 4.69) is 10.3 Å². The highest BCUT2D eigenvalue weighted by Gasteiger charge is 2.30. The lowest BCUT2D eigenvalue weighted by molar-refractivity contribution is -0.136. The van der Waals surface area contributed by atoms with Gasteiger partial charge in [0.25, 0.3) is 0 Å². The minimum absolute atomic E-state index is 0.308. The van der Waals surface area contributed by atoms with Crippen molar-refractivity contribution in [2.75, 3.05) is 20.7 Å². The van der Waals surface area contributed by atoms with E-state index in [9.17, 15) is 4.79 Å². The van der Waals surface area contributed by atoms with Crippen LogP contribution < -0.4 is 5.32 Å². The van der Waals surface area contributed by atoms with Crippen molar-refractivity contribution in [3.8, 4) is 0 Å². The molecule has 0 unspecified atom stereocenters. The number of rotatable bonds is 6. The maximum Gasteiger partial charge on any atom is 0.120 e. The Kier molecular flexibility index (Phi) is 4.82. The number of aryl methyl sites for hydroxylation is 1. The number of hydrogen-bond acceptors (Lipinski definition) is 6. The first-order valence-corrected chi connectivity index (χ1v) is 6.94. The molecule has 1 fully saturated rings. The highest BCUT2D eigenvalue weighted by molar-refractivity contribution is 7.11. The molecular weight excluding hydrogens is 250 g/mol. The first-order valence-electron chi connectivity index (χ1n) is 6.13. The number of thiazole rings is 1. The van der Waals surface area contributed by atoms with Crippen LogP contribution in [-0.2, 0) is 16.1 Å². The van der Waals surface area contributed by atoms with Crippen LogP contribution in [0.5, 0.6) is 0 Å². The summed E-state index contributed by atoms with van der Waals surface area (Å²) in [5, 5.41) is 6.46. The van der Waals surface area contributed by atoms with Crippen LogP contribution in [0, 0.1) is 0 Å². The number of likely N-dealkylation sites (N-methyl/N-ethyl adjacent to an activating group) is 1. The third kappa shape index (κ3) is 3.14. The van der Waals surface area contributed by atoms with E-state index in [0.29, 0.717) is 18.5 Å². The van der Waals surface area contributed by atoms with Crippen LogP contribution >= 0.6 is 11.3 Å². The molecule has 0 saturated carbocycles. The minimum atomic E-state index is 0.308. The van der Waals surface area contributed by atoms with E-state index in [1.165, 1.54) is 4.88 Å². The van der Waals surface area contributed by atoms with E-state index >= 15 is 0 Å². The standard InChI is InChI=1S/C12H19N3O2S/c1-15(17-2)9-6-11(13-7-9)12-14-8-10(18-12)4-3-5-16/h5,8-9,11,13H,3-4,6-7H2,1-2H3/t9-,11-/m0/s1. The highest BCUT2D eigenvalue weighted by atomic mass is 32.1. The Bertz CT molecular complexity index is 396. The van der Waals surface area contributed by atoms with Gasteiger partial charge in [0, 0.05) is 37.1 Å². The van der Waals surface area contributed by atoms with E-state index < -0.39 is 0 Å². The molecule has 2 rings (SSSR count). The number of aromatic nitrogens is 1. The number of carbonyl (C=O) groups is 1. The Morgan fingerprint density at radius 1 is 1.72 bits per heavy atom. The smallest absolute Gasteiger partial charge is 0.120 e. The average molecular weight is 269 g/mol. The van der Waals surface area contributed by atoms with Crippen LogP contribution in [0.4, 0.5) is 0 Å². The molecule has 2 heterocycles. The van der Waals surface area contributed by atoms with Gasteiger partial charge in [0.1, 0.15) is 11.3 Å². The fraction of sp³-hybridized carbons (Fsp3) is 0.667. The van der Waals surface area contributed by atoms with E-state index in [-0.39, 0.29) is 0 Å². The Balaban J connectivity index is 1.92. The lowest BCUT2D eigenvalue weighted by atomic mass is 10.2. The van der Waals surface area contributed by atoms with Crippen molar-refractivity contribution in [2.24, 2.45) is 0 Å². The van der Waals surface area contributed by atoms with Crippen molar-refractivity contribution in [1.29, 1.82) is 0 Å². The largest absolute Gasteiger partial charge is 0.306 e. The lowest BCUT2D eigenvalue weighted by Gasteiger charge is -2.20. The van der Waals surface area contributed by atoms with Gasteiger partial charge in [-0.3, -0.25) is 0 Å². The van der Waals surface area contributed by atoms with Crippen molar-refractivity contribution in [2.45, 2.75) is 31.3 Å². The van der Waals surface area contributed by atoms with Crippen LogP contribution in [0.1, 0.15) is 28.8 Å². The van der Waals surface area contributed by atoms with Crippen LogP contribution in [-0.4, -0.2) is 43.1 Å². The second kappa shape index (κ2) is 6.38. The van der Waals surface area contributed by atoms with Gasteiger partial charge in [-0.25, -0.2) is 4.98 Å². The van der Waals surface area contributed by atoms with Crippen molar-refractivity contribution in [3.63, 3.8) is 0 Å². The van der Waals surface area contributed by atoms with Crippen LogP contribution in [0.3, 0.4) is 0 Å². The Labute approximate surface area is 111 Å². The summed E-state index contributed by atoms with van der Waals surface area (Å²) >= 11 is 1.70. The zero-order valence-electron chi connectivity index (χ0n) is 10.8. The summed E-state index contributed by atoms with van der Waals surface area (Å²) in [6, 6.07) is 0.699. The molecule has 0 radical (unpaired) electrons. The van der Waals surface area contributed by atoms with Crippen LogP contribution in [0.25, 0.3) is 0 Å². The Morgan fingerprint density at radius 2 is 2.56 bits per heavy atom. The monoisotopic (exact) mass is 269 g/mol. The van der Waals surface area contributed by atoms with Gasteiger partial charge in [0.05, 0.1) is 13.2 Å². The summed E-state index contributed by atoms with van der Waals surface area (Å²) in [5.41, 5.74) is 0. The molecule has 0 amide bonds. The highest BCUT2D eigenvalue weighted by Crippen LogP contribution is 2.29. The second-order valence-corrected chi connectivity index (χ2v) is 5.60. The quantitative estimate of drug-likeness (QED) is 0.620. The molecule has 0 bridgehead atoms. The number of aldehydes is 1. The van der Waals surface area contributed by atoms with Crippen molar-refractivity contribution < 1.29 is 9.63 Å². The molecule has 100 valence electrons. The lowest BCUT2D eigenvalue weighted by Crippen LogP contribution is -2.32. The fourth-order valence-corrected chi connectivity index (χ4v) is 3.15. The van der Waals surface area contributed by atoms with Gasteiger partial charge >= 0.3 is 0 Å². The topological polar surface area (TPSA) is 54.5 Å². The predicted octanol–water partition coefficient (Wildman–Crippen LogP) is 1.17. The molecule has 0 aromatic carbocycles. The fourth-order valence-electron chi connectivity index (χ4n) is 2.13. The number of hydroxylamine groups is 2. The molecule has 18 heavy (non-hydrogen) atoms. The molecule has 2 atom stereocenters. The number of hydrogen-bond donors (Lipinski definition) is 1. The maximum absolute atomic E-state index is 10.3. The predicted molar refractivity (Wildman–Crippen MR) is 70.4 cm³/mol. The molecule has 0 aliphatic carbocycles. The zero-order chi connectivity index (χ0) is 13.0. The molecule has 1 saturated heterocycles. The van der Waals surface area contributed by atoms with E-state index in [4.69, 9.17) is 4.84 Å². The summed E-state index contributed by atoms with van der Waals surface area (Å²) in [5.74, 6) is 0. The van der Waals surface area contributed by atoms with E-state index in [1.54, 1.807) is 18.4 Å². The molecular formula is C12H19N3O2S. The van der Waals surface area contributed by atoms with Crippen molar-refractivity contribution >= 4 is 17.6 Å². The first kappa shape index (κ1) is 13.6. The molecule has 0 spiro atoms. The molecule has 1 aromatic rings. The van der Waals surface area contributed by atoms with Crippen LogP contribution in [0.2, 0.25) is 0 Å². The SMILES string of the molecule is CON(C)[C@@H]1CN[C@H](c2ncc(CCC=O)s2)C1. The summed E-state index contributed by atoms with van der Waals surface area (Å²) < 4.78 is 0. The Morgan fingerprint density at radius 3 is 3.28 bits per heavy atom. The summed E-state index contributed by atoms with van der Waals surface area (Å²) in [6.07, 6.45) is 5.23. The van der Waals surface area contributed by atoms with E-state index in [1.807, 2.05) is 18.3 Å². The normalized spacial score (nSPS) is 23.7. The van der Waals surface area contributed by atoms with Gasteiger partial charge in [-0.1, -0.05) is 0 Å². The zero-order valence-corrected chi connectivity index (χ0v) is 11.6. The third-order valence-corrected chi connectivity index (χ3v) is 4.46. The summed E-state index contributed by atoms with van der Waals surface area (Å²) in [4.78, 5) is 21.2. The maximum atomic E-state index is 10.3. The van der Waals surface area contributed by atoms with Crippen molar-refractivity contribution in [3.05, 3.63) is 16.1 Å². The van der Waals surface area contributed by atoms with E-state index in [0.717, 1.165) is 30.7 Å². The number of nitrogens with one attached hydrogen (secondary N) is 1. The average Bonchev–Trinajstić information content (AvgIpc) is 3.03.